The molecule has 4 nitrogen and oxygen atoms in total. The topological polar surface area (TPSA) is 51.0 Å². The van der Waals surface area contributed by atoms with Crippen molar-refractivity contribution < 1.29 is 4.42 Å². The fourth-order valence-corrected chi connectivity index (χ4v) is 2.25. The summed E-state index contributed by atoms with van der Waals surface area (Å²) in [7, 11) is 0. The Morgan fingerprint density at radius 3 is 3.31 bits per heavy atom. The normalized spacial score (nSPS) is 21.4. The van der Waals surface area contributed by atoms with Gasteiger partial charge in [-0.1, -0.05) is 0 Å². The minimum Gasteiger partial charge on any atom is -0.439 e. The zero-order chi connectivity index (χ0) is 10.8. The van der Waals surface area contributed by atoms with E-state index >= 15 is 0 Å². The van der Waals surface area contributed by atoms with Gasteiger partial charge in [-0.3, -0.25) is 0 Å². The number of aromatic nitrogens is 2. The monoisotopic (exact) mass is 217 g/mol. The van der Waals surface area contributed by atoms with Crippen molar-refractivity contribution in [1.82, 2.24) is 15.3 Å². The lowest BCUT2D eigenvalue weighted by Gasteiger charge is -2.20. The van der Waals surface area contributed by atoms with Gasteiger partial charge in [0.25, 0.3) is 0 Å². The number of hydrogen-bond donors (Lipinski definition) is 1. The number of piperidine rings is 1. The van der Waals surface area contributed by atoms with Crippen molar-refractivity contribution in [1.29, 1.82) is 0 Å². The number of oxazole rings is 1. The van der Waals surface area contributed by atoms with Crippen LogP contribution in [0.15, 0.2) is 22.7 Å². The van der Waals surface area contributed by atoms with E-state index in [0.717, 1.165) is 36.6 Å². The molecule has 0 spiro atoms. The summed E-state index contributed by atoms with van der Waals surface area (Å²) >= 11 is 0. The van der Waals surface area contributed by atoms with Crippen LogP contribution in [0, 0.1) is 5.92 Å². The number of rotatable bonds is 2. The maximum absolute atomic E-state index is 5.67. The maximum Gasteiger partial charge on any atom is 0.198 e. The van der Waals surface area contributed by atoms with E-state index in [0.29, 0.717) is 5.92 Å². The average Bonchev–Trinajstić information content (AvgIpc) is 2.72. The molecule has 16 heavy (non-hydrogen) atoms. The second kappa shape index (κ2) is 4.22. The first kappa shape index (κ1) is 9.78. The minimum absolute atomic E-state index is 0.654. The molecule has 84 valence electrons. The van der Waals surface area contributed by atoms with E-state index in [1.807, 2.05) is 12.1 Å². The van der Waals surface area contributed by atoms with Gasteiger partial charge in [-0.15, -0.1) is 0 Å². The van der Waals surface area contributed by atoms with Crippen LogP contribution in [0.5, 0.6) is 0 Å². The summed E-state index contributed by atoms with van der Waals surface area (Å²) < 4.78 is 5.67. The Balaban J connectivity index is 1.78. The molecule has 1 unspecified atom stereocenters. The third-order valence-electron chi connectivity index (χ3n) is 3.07. The predicted molar refractivity (Wildman–Crippen MR) is 61.1 cm³/mol. The quantitative estimate of drug-likeness (QED) is 0.832. The molecule has 0 amide bonds. The molecule has 4 heteroatoms. The van der Waals surface area contributed by atoms with Crippen LogP contribution >= 0.6 is 0 Å². The Hall–Kier alpha value is -1.42. The van der Waals surface area contributed by atoms with Gasteiger partial charge < -0.3 is 9.73 Å². The van der Waals surface area contributed by atoms with Crippen LogP contribution in [0.1, 0.15) is 18.7 Å². The van der Waals surface area contributed by atoms with E-state index in [-0.39, 0.29) is 0 Å². The molecule has 0 radical (unpaired) electrons. The molecule has 2 aromatic rings. The highest BCUT2D eigenvalue weighted by Crippen LogP contribution is 2.19. The van der Waals surface area contributed by atoms with E-state index < -0.39 is 0 Å². The van der Waals surface area contributed by atoms with Gasteiger partial charge >= 0.3 is 0 Å². The van der Waals surface area contributed by atoms with Gasteiger partial charge in [0.1, 0.15) is 0 Å². The van der Waals surface area contributed by atoms with Crippen molar-refractivity contribution in [2.75, 3.05) is 13.1 Å². The molecular formula is C12H15N3O. The molecular weight excluding hydrogens is 202 g/mol. The molecule has 1 aliphatic heterocycles. The van der Waals surface area contributed by atoms with E-state index in [4.69, 9.17) is 4.42 Å². The van der Waals surface area contributed by atoms with Crippen molar-refractivity contribution >= 4 is 11.2 Å². The van der Waals surface area contributed by atoms with E-state index in [9.17, 15) is 0 Å². The smallest absolute Gasteiger partial charge is 0.198 e. The lowest BCUT2D eigenvalue weighted by Crippen LogP contribution is -2.30. The van der Waals surface area contributed by atoms with E-state index in [1.165, 1.54) is 12.8 Å². The van der Waals surface area contributed by atoms with Gasteiger partial charge in [0, 0.05) is 12.6 Å². The highest BCUT2D eigenvalue weighted by atomic mass is 16.3. The number of pyridine rings is 1. The average molecular weight is 217 g/mol. The highest BCUT2D eigenvalue weighted by Gasteiger charge is 2.16. The van der Waals surface area contributed by atoms with Gasteiger partial charge in [-0.2, -0.15) is 4.98 Å². The third-order valence-corrected chi connectivity index (χ3v) is 3.07. The Bertz CT molecular complexity index is 441. The number of fused-ring (bicyclic) bond motifs is 1. The van der Waals surface area contributed by atoms with E-state index in [1.54, 1.807) is 6.20 Å². The van der Waals surface area contributed by atoms with Crippen LogP contribution in [0.2, 0.25) is 0 Å². The molecule has 1 saturated heterocycles. The molecule has 1 atom stereocenters. The predicted octanol–water partition coefficient (Wildman–Crippen LogP) is 1.76. The van der Waals surface area contributed by atoms with Crippen molar-refractivity contribution in [2.24, 2.45) is 5.92 Å². The van der Waals surface area contributed by atoms with Crippen LogP contribution in [0.25, 0.3) is 11.2 Å². The van der Waals surface area contributed by atoms with Crippen molar-refractivity contribution in [2.45, 2.75) is 19.3 Å². The van der Waals surface area contributed by atoms with Gasteiger partial charge in [0.05, 0.1) is 0 Å². The van der Waals surface area contributed by atoms with E-state index in [2.05, 4.69) is 15.3 Å². The van der Waals surface area contributed by atoms with Gasteiger partial charge in [-0.25, -0.2) is 4.98 Å². The molecule has 0 saturated carbocycles. The zero-order valence-electron chi connectivity index (χ0n) is 9.15. The van der Waals surface area contributed by atoms with Crippen LogP contribution in [0.4, 0.5) is 0 Å². The Kier molecular flexibility index (Phi) is 2.58. The van der Waals surface area contributed by atoms with Crippen molar-refractivity contribution in [3.05, 3.63) is 24.2 Å². The molecule has 2 aromatic heterocycles. The summed E-state index contributed by atoms with van der Waals surface area (Å²) in [6, 6.07) is 3.79. The SMILES string of the molecule is c1cnc2nc(CC3CCCNC3)oc2c1. The van der Waals surface area contributed by atoms with Crippen LogP contribution in [-0.4, -0.2) is 23.1 Å². The molecule has 3 heterocycles. The first-order valence-corrected chi connectivity index (χ1v) is 5.83. The molecule has 3 rings (SSSR count). The first-order valence-electron chi connectivity index (χ1n) is 5.83. The lowest BCUT2D eigenvalue weighted by atomic mass is 9.96. The van der Waals surface area contributed by atoms with Crippen LogP contribution in [0.3, 0.4) is 0 Å². The Morgan fingerprint density at radius 1 is 1.50 bits per heavy atom. The second-order valence-corrected chi connectivity index (χ2v) is 4.35. The van der Waals surface area contributed by atoms with Gasteiger partial charge in [0.2, 0.25) is 0 Å². The van der Waals surface area contributed by atoms with Crippen LogP contribution in [-0.2, 0) is 6.42 Å². The molecule has 1 aliphatic rings. The third kappa shape index (κ3) is 1.93. The molecule has 1 fully saturated rings. The van der Waals surface area contributed by atoms with Crippen LogP contribution < -0.4 is 5.32 Å². The standard InChI is InChI=1S/C12H15N3O/c1-3-9(8-13-5-1)7-11-15-12-10(16-11)4-2-6-14-12/h2,4,6,9,13H,1,3,5,7-8H2. The number of nitrogens with one attached hydrogen (secondary N) is 1. The Morgan fingerprint density at radius 2 is 2.50 bits per heavy atom. The molecule has 0 aromatic carbocycles. The highest BCUT2D eigenvalue weighted by molar-refractivity contribution is 5.66. The first-order chi connectivity index (χ1) is 7.92. The summed E-state index contributed by atoms with van der Waals surface area (Å²) in [5.74, 6) is 1.48. The number of hydrogen-bond acceptors (Lipinski definition) is 4. The fourth-order valence-electron chi connectivity index (χ4n) is 2.25. The minimum atomic E-state index is 0.654. The maximum atomic E-state index is 5.67. The second-order valence-electron chi connectivity index (χ2n) is 4.35. The van der Waals surface area contributed by atoms with Crippen molar-refractivity contribution in [3.63, 3.8) is 0 Å². The summed E-state index contributed by atoms with van der Waals surface area (Å²) in [4.78, 5) is 8.58. The molecule has 1 N–H and O–H groups in total. The van der Waals surface area contributed by atoms with Crippen molar-refractivity contribution in [3.8, 4) is 0 Å². The Labute approximate surface area is 94.1 Å². The summed E-state index contributed by atoms with van der Waals surface area (Å²) in [6.07, 6.45) is 5.18. The lowest BCUT2D eigenvalue weighted by molar-refractivity contribution is 0.349. The summed E-state index contributed by atoms with van der Waals surface area (Å²) in [5.41, 5.74) is 1.52. The zero-order valence-corrected chi connectivity index (χ0v) is 9.15. The summed E-state index contributed by atoms with van der Waals surface area (Å²) in [6.45, 7) is 2.22. The molecule has 0 bridgehead atoms. The van der Waals surface area contributed by atoms with Gasteiger partial charge in [-0.05, 0) is 44.0 Å². The largest absolute Gasteiger partial charge is 0.439 e. The number of nitrogens with zero attached hydrogens (tertiary/aromatic N) is 2. The van der Waals surface area contributed by atoms with Gasteiger partial charge in [0.15, 0.2) is 17.1 Å². The summed E-state index contributed by atoms with van der Waals surface area (Å²) in [5, 5.41) is 3.40. The molecule has 0 aliphatic carbocycles. The fraction of sp³-hybridized carbons (Fsp3) is 0.500.